The van der Waals surface area contributed by atoms with Gasteiger partial charge < -0.3 is 9.88 Å². The minimum atomic E-state index is -0.209. The highest BCUT2D eigenvalue weighted by Crippen LogP contribution is 2.24. The van der Waals surface area contributed by atoms with Crippen molar-refractivity contribution in [3.63, 3.8) is 0 Å². The second-order valence-corrected chi connectivity index (χ2v) is 4.65. The van der Waals surface area contributed by atoms with Crippen LogP contribution in [-0.4, -0.2) is 16.6 Å². The zero-order valence-corrected chi connectivity index (χ0v) is 10.8. The summed E-state index contributed by atoms with van der Waals surface area (Å²) in [7, 11) is 1.91. The van der Waals surface area contributed by atoms with E-state index in [1.807, 2.05) is 42.1 Å². The first-order chi connectivity index (χ1) is 8.60. The quantitative estimate of drug-likeness (QED) is 0.894. The summed E-state index contributed by atoms with van der Waals surface area (Å²) in [5, 5.41) is 12.4. The third kappa shape index (κ3) is 2.01. The maximum Gasteiger partial charge on any atom is 0.101 e. The standard InChI is InChI=1S/C14H16N4/c1-14(2,16-3)13-9-17-10-18(13)12-7-5-4-6-11(12)8-15/h4-7,9-10,16H,1-3H3. The average Bonchev–Trinajstić information content (AvgIpc) is 2.88. The molecule has 0 radical (unpaired) electrons. The lowest BCUT2D eigenvalue weighted by Gasteiger charge is -2.25. The van der Waals surface area contributed by atoms with E-state index >= 15 is 0 Å². The van der Waals surface area contributed by atoms with Gasteiger partial charge in [0.15, 0.2) is 0 Å². The zero-order valence-electron chi connectivity index (χ0n) is 10.8. The predicted molar refractivity (Wildman–Crippen MR) is 70.4 cm³/mol. The molecule has 4 heteroatoms. The van der Waals surface area contributed by atoms with Crippen LogP contribution in [0.5, 0.6) is 0 Å². The Morgan fingerprint density at radius 3 is 2.72 bits per heavy atom. The molecule has 0 saturated heterocycles. The molecule has 0 aliphatic carbocycles. The number of hydrogen-bond donors (Lipinski definition) is 1. The van der Waals surface area contributed by atoms with E-state index in [9.17, 15) is 0 Å². The summed E-state index contributed by atoms with van der Waals surface area (Å²) >= 11 is 0. The molecule has 0 spiro atoms. The van der Waals surface area contributed by atoms with E-state index in [2.05, 4.69) is 30.2 Å². The average molecular weight is 240 g/mol. The molecule has 18 heavy (non-hydrogen) atoms. The summed E-state index contributed by atoms with van der Waals surface area (Å²) in [6.07, 6.45) is 3.56. The fraction of sp³-hybridized carbons (Fsp3) is 0.286. The highest BCUT2D eigenvalue weighted by Gasteiger charge is 2.23. The molecule has 2 aromatic rings. The van der Waals surface area contributed by atoms with Crippen molar-refractivity contribution in [3.8, 4) is 11.8 Å². The lowest BCUT2D eigenvalue weighted by molar-refractivity contribution is 0.424. The highest BCUT2D eigenvalue weighted by molar-refractivity contribution is 5.49. The summed E-state index contributed by atoms with van der Waals surface area (Å²) in [5.41, 5.74) is 2.31. The van der Waals surface area contributed by atoms with Crippen molar-refractivity contribution >= 4 is 0 Å². The maximum atomic E-state index is 9.17. The summed E-state index contributed by atoms with van der Waals surface area (Å²) in [5.74, 6) is 0. The number of hydrogen-bond acceptors (Lipinski definition) is 3. The molecule has 1 aromatic carbocycles. The van der Waals surface area contributed by atoms with E-state index in [0.29, 0.717) is 5.56 Å². The zero-order chi connectivity index (χ0) is 13.2. The molecule has 0 aliphatic heterocycles. The highest BCUT2D eigenvalue weighted by atomic mass is 15.1. The Morgan fingerprint density at radius 1 is 1.33 bits per heavy atom. The topological polar surface area (TPSA) is 53.6 Å². The number of nitrogens with one attached hydrogen (secondary N) is 1. The number of benzene rings is 1. The van der Waals surface area contributed by atoms with Crippen LogP contribution < -0.4 is 5.32 Å². The Hall–Kier alpha value is -2.12. The smallest absolute Gasteiger partial charge is 0.101 e. The van der Waals surface area contributed by atoms with Crippen molar-refractivity contribution in [1.82, 2.24) is 14.9 Å². The second-order valence-electron chi connectivity index (χ2n) is 4.65. The molecule has 92 valence electrons. The van der Waals surface area contributed by atoms with Crippen molar-refractivity contribution in [1.29, 1.82) is 5.26 Å². The third-order valence-corrected chi connectivity index (χ3v) is 3.19. The van der Waals surface area contributed by atoms with Crippen LogP contribution in [0.2, 0.25) is 0 Å². The van der Waals surface area contributed by atoms with E-state index < -0.39 is 0 Å². The van der Waals surface area contributed by atoms with Crippen molar-refractivity contribution < 1.29 is 0 Å². The lowest BCUT2D eigenvalue weighted by atomic mass is 10.0. The maximum absolute atomic E-state index is 9.17. The fourth-order valence-electron chi connectivity index (χ4n) is 1.86. The van der Waals surface area contributed by atoms with Gasteiger partial charge in [0.2, 0.25) is 0 Å². The summed E-state index contributed by atoms with van der Waals surface area (Å²) in [6.45, 7) is 4.16. The predicted octanol–water partition coefficient (Wildman–Crippen LogP) is 2.20. The van der Waals surface area contributed by atoms with E-state index in [-0.39, 0.29) is 5.54 Å². The van der Waals surface area contributed by atoms with Gasteiger partial charge in [0.25, 0.3) is 0 Å². The van der Waals surface area contributed by atoms with Gasteiger partial charge in [0.05, 0.1) is 35.0 Å². The number of para-hydroxylation sites is 1. The van der Waals surface area contributed by atoms with Crippen molar-refractivity contribution in [2.24, 2.45) is 0 Å². The molecule has 1 N–H and O–H groups in total. The molecule has 0 saturated carbocycles. The molecule has 4 nitrogen and oxygen atoms in total. The first kappa shape index (κ1) is 12.3. The van der Waals surface area contributed by atoms with Gasteiger partial charge in [-0.15, -0.1) is 0 Å². The Morgan fingerprint density at radius 2 is 2.06 bits per heavy atom. The van der Waals surface area contributed by atoms with Crippen LogP contribution in [0.1, 0.15) is 25.1 Å². The fourth-order valence-corrected chi connectivity index (χ4v) is 1.86. The van der Waals surface area contributed by atoms with Crippen LogP contribution in [0.15, 0.2) is 36.8 Å². The molecular formula is C14H16N4. The molecule has 0 bridgehead atoms. The Labute approximate surface area is 107 Å². The van der Waals surface area contributed by atoms with Crippen LogP contribution in [0, 0.1) is 11.3 Å². The second kappa shape index (κ2) is 4.63. The first-order valence-electron chi connectivity index (χ1n) is 5.81. The molecule has 1 heterocycles. The normalized spacial score (nSPS) is 11.2. The number of imidazole rings is 1. The Balaban J connectivity index is 2.60. The van der Waals surface area contributed by atoms with Gasteiger partial charge in [-0.25, -0.2) is 4.98 Å². The molecule has 0 unspecified atom stereocenters. The SMILES string of the molecule is CNC(C)(C)c1cncn1-c1ccccc1C#N. The molecule has 0 fully saturated rings. The van der Waals surface area contributed by atoms with Gasteiger partial charge >= 0.3 is 0 Å². The largest absolute Gasteiger partial charge is 0.310 e. The van der Waals surface area contributed by atoms with Gasteiger partial charge in [-0.2, -0.15) is 5.26 Å². The number of aromatic nitrogens is 2. The van der Waals surface area contributed by atoms with Crippen molar-refractivity contribution in [3.05, 3.63) is 48.0 Å². The number of rotatable bonds is 3. The van der Waals surface area contributed by atoms with Gasteiger partial charge in [-0.3, -0.25) is 0 Å². The molecular weight excluding hydrogens is 224 g/mol. The monoisotopic (exact) mass is 240 g/mol. The van der Waals surface area contributed by atoms with Crippen molar-refractivity contribution in [2.75, 3.05) is 7.05 Å². The van der Waals surface area contributed by atoms with E-state index in [4.69, 9.17) is 5.26 Å². The summed E-state index contributed by atoms with van der Waals surface area (Å²) in [6, 6.07) is 9.73. The minimum Gasteiger partial charge on any atom is -0.310 e. The molecule has 0 aliphatic rings. The third-order valence-electron chi connectivity index (χ3n) is 3.19. The van der Waals surface area contributed by atoms with Gasteiger partial charge in [0, 0.05) is 0 Å². The Bertz CT molecular complexity index is 590. The Kier molecular flexibility index (Phi) is 3.17. The molecule has 0 amide bonds. The lowest BCUT2D eigenvalue weighted by Crippen LogP contribution is -2.35. The number of nitrogens with zero attached hydrogens (tertiary/aromatic N) is 3. The van der Waals surface area contributed by atoms with Crippen LogP contribution in [0.25, 0.3) is 5.69 Å². The van der Waals surface area contributed by atoms with Gasteiger partial charge in [-0.05, 0) is 33.0 Å². The van der Waals surface area contributed by atoms with E-state index in [1.165, 1.54) is 0 Å². The van der Waals surface area contributed by atoms with E-state index in [1.54, 1.807) is 6.33 Å². The van der Waals surface area contributed by atoms with Gasteiger partial charge in [-0.1, -0.05) is 12.1 Å². The van der Waals surface area contributed by atoms with Crippen molar-refractivity contribution in [2.45, 2.75) is 19.4 Å². The van der Waals surface area contributed by atoms with Gasteiger partial charge in [0.1, 0.15) is 6.07 Å². The number of nitriles is 1. The van der Waals surface area contributed by atoms with Crippen LogP contribution in [0.3, 0.4) is 0 Å². The minimum absolute atomic E-state index is 0.209. The molecule has 1 aromatic heterocycles. The van der Waals surface area contributed by atoms with E-state index in [0.717, 1.165) is 11.4 Å². The molecule has 0 atom stereocenters. The molecule has 2 rings (SSSR count). The summed E-state index contributed by atoms with van der Waals surface area (Å²) < 4.78 is 1.95. The first-order valence-corrected chi connectivity index (χ1v) is 5.81. The van der Waals surface area contributed by atoms with Crippen LogP contribution in [-0.2, 0) is 5.54 Å². The van der Waals surface area contributed by atoms with Crippen LogP contribution >= 0.6 is 0 Å². The van der Waals surface area contributed by atoms with Crippen LogP contribution in [0.4, 0.5) is 0 Å². The summed E-state index contributed by atoms with van der Waals surface area (Å²) in [4.78, 5) is 4.20.